The lowest BCUT2D eigenvalue weighted by Gasteiger charge is -2.51. The van der Waals surface area contributed by atoms with Gasteiger partial charge in [-0.1, -0.05) is 0 Å². The molecule has 3 N–H and O–H groups in total. The highest BCUT2D eigenvalue weighted by Gasteiger charge is 2.45. The van der Waals surface area contributed by atoms with Gasteiger partial charge in [0.25, 0.3) is 0 Å². The minimum atomic E-state index is -0.383. The van der Waals surface area contributed by atoms with Crippen LogP contribution in [0.25, 0.3) is 0 Å². The fourth-order valence-corrected chi connectivity index (χ4v) is 3.67. The molecule has 1 saturated heterocycles. The first-order valence-electron chi connectivity index (χ1n) is 7.76. The number of nitrogens with one attached hydrogen (secondary N) is 2. The Morgan fingerprint density at radius 1 is 1.42 bits per heavy atom. The molecule has 130 valence electrons. The summed E-state index contributed by atoms with van der Waals surface area (Å²) in [4.78, 5) is 7.99. The number of rotatable bonds is 2. The summed E-state index contributed by atoms with van der Waals surface area (Å²) in [5.41, 5.74) is -0.0462. The van der Waals surface area contributed by atoms with E-state index < -0.39 is 0 Å². The van der Waals surface area contributed by atoms with Crippen LogP contribution in [0.2, 0.25) is 0 Å². The van der Waals surface area contributed by atoms with E-state index in [-0.39, 0.29) is 17.1 Å². The molecule has 0 amide bonds. The van der Waals surface area contributed by atoms with Gasteiger partial charge < -0.3 is 15.8 Å². The van der Waals surface area contributed by atoms with Crippen LogP contribution in [0.3, 0.4) is 0 Å². The van der Waals surface area contributed by atoms with Crippen molar-refractivity contribution in [2.75, 3.05) is 5.32 Å². The average Bonchev–Trinajstić information content (AvgIpc) is 2.47. The first-order valence-corrected chi connectivity index (χ1v) is 8.55. The lowest BCUT2D eigenvalue weighted by Crippen LogP contribution is -2.63. The lowest BCUT2D eigenvalue weighted by molar-refractivity contribution is -0.245. The highest BCUT2D eigenvalue weighted by atomic mass is 79.9. The smallest absolute Gasteiger partial charge is 0.212 e. The third kappa shape index (κ3) is 4.23. The molecule has 24 heavy (non-hydrogen) atoms. The number of nitrogens with zero attached hydrogens (tertiary/aromatic N) is 4. The second-order valence-electron chi connectivity index (χ2n) is 7.21. The van der Waals surface area contributed by atoms with Gasteiger partial charge in [0.15, 0.2) is 0 Å². The van der Waals surface area contributed by atoms with Crippen LogP contribution in [0, 0.1) is 11.5 Å². The van der Waals surface area contributed by atoms with Gasteiger partial charge in [-0.05, 0) is 68.6 Å². The number of halogens is 1. The summed E-state index contributed by atoms with van der Waals surface area (Å²) in [6.07, 6.45) is 4.92. The number of anilines is 1. The largest absolute Gasteiger partial charge is 0.352 e. The normalized spacial score (nSPS) is 21.1. The molecule has 8 heteroatoms. The molecule has 0 spiro atoms. The highest BCUT2D eigenvalue weighted by Crippen LogP contribution is 2.36. The average molecular weight is 395 g/mol. The van der Waals surface area contributed by atoms with Crippen molar-refractivity contribution in [3.05, 3.63) is 22.9 Å². The molecule has 1 aliphatic rings. The van der Waals surface area contributed by atoms with E-state index in [1.54, 1.807) is 12.3 Å². The maximum Gasteiger partial charge on any atom is 0.212 e. The maximum absolute atomic E-state index is 10.4. The molecular weight excluding hydrogens is 372 g/mol. The maximum atomic E-state index is 10.4. The van der Waals surface area contributed by atoms with Crippen LogP contribution in [-0.4, -0.2) is 38.3 Å². The van der Waals surface area contributed by atoms with Gasteiger partial charge in [0.1, 0.15) is 4.60 Å². The number of aliphatic imine (C=N–C) groups is 1. The van der Waals surface area contributed by atoms with Gasteiger partial charge in [0.2, 0.25) is 12.2 Å². The zero-order chi connectivity index (χ0) is 18.0. The molecular formula is C16H23BrN6O. The Bertz CT molecular complexity index is 649. The highest BCUT2D eigenvalue weighted by molar-refractivity contribution is 9.10. The van der Waals surface area contributed by atoms with Crippen LogP contribution < -0.4 is 10.6 Å². The number of aromatic nitrogens is 1. The van der Waals surface area contributed by atoms with E-state index in [1.807, 2.05) is 40.0 Å². The molecule has 0 bridgehead atoms. The topological polar surface area (TPSA) is 96.6 Å². The van der Waals surface area contributed by atoms with Gasteiger partial charge in [-0.3, -0.25) is 0 Å². The van der Waals surface area contributed by atoms with E-state index in [1.165, 1.54) is 5.06 Å². The number of nitriles is 1. The van der Waals surface area contributed by atoms with Gasteiger partial charge in [-0.25, -0.2) is 4.98 Å². The molecule has 0 saturated carbocycles. The zero-order valence-corrected chi connectivity index (χ0v) is 15.9. The lowest BCUT2D eigenvalue weighted by atomic mass is 9.79. The molecule has 2 heterocycles. The Morgan fingerprint density at radius 3 is 2.58 bits per heavy atom. The summed E-state index contributed by atoms with van der Waals surface area (Å²) >= 11 is 3.37. The minimum absolute atomic E-state index is 0.0634. The van der Waals surface area contributed by atoms with E-state index >= 15 is 0 Å². The summed E-state index contributed by atoms with van der Waals surface area (Å²) in [5.74, 6) is 0.370. The summed E-state index contributed by atoms with van der Waals surface area (Å²) < 4.78 is 0.642. The van der Waals surface area contributed by atoms with Crippen molar-refractivity contribution in [1.29, 1.82) is 5.26 Å². The van der Waals surface area contributed by atoms with Crippen LogP contribution >= 0.6 is 15.9 Å². The van der Waals surface area contributed by atoms with E-state index in [0.717, 1.165) is 5.69 Å². The third-order valence-electron chi connectivity index (χ3n) is 4.15. The van der Waals surface area contributed by atoms with Crippen LogP contribution in [0.4, 0.5) is 5.69 Å². The van der Waals surface area contributed by atoms with E-state index in [9.17, 15) is 5.21 Å². The minimum Gasteiger partial charge on any atom is -0.352 e. The predicted molar refractivity (Wildman–Crippen MR) is 96.5 cm³/mol. The molecule has 2 rings (SSSR count). The molecule has 1 aromatic heterocycles. The van der Waals surface area contributed by atoms with Crippen molar-refractivity contribution >= 4 is 27.6 Å². The number of hydrogen-bond donors (Lipinski definition) is 3. The first-order chi connectivity index (χ1) is 11.2. The van der Waals surface area contributed by atoms with Crippen molar-refractivity contribution in [2.45, 2.75) is 57.7 Å². The van der Waals surface area contributed by atoms with Crippen molar-refractivity contribution < 1.29 is 5.21 Å². The van der Waals surface area contributed by atoms with Gasteiger partial charge in [0, 0.05) is 23.3 Å². The molecule has 0 aliphatic carbocycles. The van der Waals surface area contributed by atoms with E-state index in [2.05, 4.69) is 36.5 Å². The molecule has 1 aromatic rings. The quantitative estimate of drug-likeness (QED) is 0.308. The standard InChI is InChI=1S/C16H23BrN6O/c1-15(2)8-11(9-16(3,4)23(15)24)21-14(20-10-18)22-12-6-5-7-19-13(12)17/h5-7,11,24H,8-9H2,1-4H3,(H2,20,21,22). The molecule has 1 fully saturated rings. The van der Waals surface area contributed by atoms with Crippen LogP contribution in [-0.2, 0) is 0 Å². The van der Waals surface area contributed by atoms with Gasteiger partial charge in [-0.2, -0.15) is 10.3 Å². The van der Waals surface area contributed by atoms with Crippen molar-refractivity contribution in [2.24, 2.45) is 4.99 Å². The zero-order valence-electron chi connectivity index (χ0n) is 14.3. The summed E-state index contributed by atoms with van der Waals surface area (Å²) in [6.45, 7) is 7.98. The summed E-state index contributed by atoms with van der Waals surface area (Å²) in [5, 5.41) is 27.2. The third-order valence-corrected chi connectivity index (χ3v) is 4.79. The molecule has 0 radical (unpaired) electrons. The first kappa shape index (κ1) is 18.6. The van der Waals surface area contributed by atoms with E-state index in [0.29, 0.717) is 23.4 Å². The Hall–Kier alpha value is -1.69. The molecule has 0 aromatic carbocycles. The molecule has 0 atom stereocenters. The van der Waals surface area contributed by atoms with Crippen LogP contribution in [0.5, 0.6) is 0 Å². The SMILES string of the molecule is CC1(C)CC(N/C(=N/C#N)Nc2cccnc2Br)CC(C)(C)N1O. The number of guanidine groups is 1. The molecule has 0 unspecified atom stereocenters. The summed E-state index contributed by atoms with van der Waals surface area (Å²) in [7, 11) is 0. The van der Waals surface area contributed by atoms with Gasteiger partial charge in [0.05, 0.1) is 5.69 Å². The number of hydroxylamine groups is 2. The number of pyridine rings is 1. The van der Waals surface area contributed by atoms with E-state index in [4.69, 9.17) is 5.26 Å². The fourth-order valence-electron chi connectivity index (χ4n) is 3.32. The number of hydrogen-bond acceptors (Lipinski definition) is 5. The molecule has 1 aliphatic heterocycles. The van der Waals surface area contributed by atoms with Crippen LogP contribution in [0.15, 0.2) is 27.9 Å². The Morgan fingerprint density at radius 2 is 2.04 bits per heavy atom. The summed E-state index contributed by atoms with van der Waals surface area (Å²) in [6, 6.07) is 3.71. The predicted octanol–water partition coefficient (Wildman–Crippen LogP) is 3.09. The fraction of sp³-hybridized carbons (Fsp3) is 0.562. The monoisotopic (exact) mass is 394 g/mol. The molecule has 7 nitrogen and oxygen atoms in total. The van der Waals surface area contributed by atoms with Gasteiger partial charge in [-0.15, -0.1) is 4.99 Å². The van der Waals surface area contributed by atoms with Gasteiger partial charge >= 0.3 is 0 Å². The number of piperidine rings is 1. The Kier molecular flexibility index (Phi) is 5.48. The van der Waals surface area contributed by atoms with Crippen molar-refractivity contribution in [3.8, 4) is 6.19 Å². The Balaban J connectivity index is 2.16. The Labute approximate surface area is 150 Å². The van der Waals surface area contributed by atoms with Crippen molar-refractivity contribution in [3.63, 3.8) is 0 Å². The van der Waals surface area contributed by atoms with Crippen molar-refractivity contribution in [1.82, 2.24) is 15.4 Å². The second kappa shape index (κ2) is 7.05. The van der Waals surface area contributed by atoms with Crippen LogP contribution in [0.1, 0.15) is 40.5 Å². The second-order valence-corrected chi connectivity index (χ2v) is 7.96.